The molecule has 1 aromatic heterocycles. The van der Waals surface area contributed by atoms with E-state index in [0.29, 0.717) is 0 Å². The molecule has 0 saturated heterocycles. The molecule has 0 amide bonds. The Labute approximate surface area is 167 Å². The fourth-order valence-corrected chi connectivity index (χ4v) is 3.69. The van der Waals surface area contributed by atoms with Gasteiger partial charge >= 0.3 is 0 Å². The molecule has 0 aliphatic rings. The van der Waals surface area contributed by atoms with Gasteiger partial charge in [-0.05, 0) is 51.9 Å². The highest BCUT2D eigenvalue weighted by Crippen LogP contribution is 2.23. The largest absolute Gasteiger partial charge is 0.327 e. The highest BCUT2D eigenvalue weighted by molar-refractivity contribution is 7.15. The first-order chi connectivity index (χ1) is 13.3. The number of halogens is 1. The van der Waals surface area contributed by atoms with E-state index < -0.39 is 0 Å². The van der Waals surface area contributed by atoms with Crippen LogP contribution in [0.2, 0.25) is 5.02 Å². The first-order valence-corrected chi connectivity index (χ1v) is 9.72. The second-order valence-electron chi connectivity index (χ2n) is 5.87. The lowest BCUT2D eigenvalue weighted by molar-refractivity contribution is -0.654. The van der Waals surface area contributed by atoms with Gasteiger partial charge in [0.05, 0.1) is 0 Å². The van der Waals surface area contributed by atoms with Crippen molar-refractivity contribution in [3.8, 4) is 5.69 Å². The summed E-state index contributed by atoms with van der Waals surface area (Å²) in [5, 5.41) is 10.7. The van der Waals surface area contributed by atoms with Crippen LogP contribution in [0, 0.1) is 0 Å². The van der Waals surface area contributed by atoms with Gasteiger partial charge in [-0.1, -0.05) is 60.1 Å². The number of hydrogen-bond acceptors (Lipinski definition) is 3. The van der Waals surface area contributed by atoms with Crippen molar-refractivity contribution >= 4 is 45.9 Å². The Kier molecular flexibility index (Phi) is 5.28. The maximum atomic E-state index is 6.09. The summed E-state index contributed by atoms with van der Waals surface area (Å²) < 4.78 is 1.94. The number of aromatic nitrogens is 2. The van der Waals surface area contributed by atoms with Crippen LogP contribution < -0.4 is 10.00 Å². The van der Waals surface area contributed by atoms with Gasteiger partial charge in [0.2, 0.25) is 5.69 Å². The van der Waals surface area contributed by atoms with Gasteiger partial charge in [0.1, 0.15) is 0 Å². The SMILES string of the molecule is Clc1cccc(/C=C/c2sc(Nc3ccccc3)n[n+]2-c2ccccc2)c1. The van der Waals surface area contributed by atoms with Crippen LogP contribution in [0.3, 0.4) is 0 Å². The number of benzene rings is 3. The van der Waals surface area contributed by atoms with Crippen molar-refractivity contribution in [1.29, 1.82) is 0 Å². The predicted molar refractivity (Wildman–Crippen MR) is 114 cm³/mol. The Hall–Kier alpha value is -2.95. The van der Waals surface area contributed by atoms with E-state index >= 15 is 0 Å². The van der Waals surface area contributed by atoms with Gasteiger partial charge in [-0.3, -0.25) is 0 Å². The number of nitrogens with zero attached hydrogens (tertiary/aromatic N) is 2. The van der Waals surface area contributed by atoms with E-state index in [2.05, 4.69) is 11.4 Å². The highest BCUT2D eigenvalue weighted by Gasteiger charge is 2.20. The normalized spacial score (nSPS) is 11.0. The molecule has 0 radical (unpaired) electrons. The second-order valence-corrected chi connectivity index (χ2v) is 7.32. The minimum Gasteiger partial charge on any atom is -0.327 e. The van der Waals surface area contributed by atoms with Crippen LogP contribution in [0.1, 0.15) is 10.6 Å². The summed E-state index contributed by atoms with van der Waals surface area (Å²) in [5.41, 5.74) is 3.07. The topological polar surface area (TPSA) is 28.8 Å². The lowest BCUT2D eigenvalue weighted by atomic mass is 10.2. The second kappa shape index (κ2) is 8.16. The molecule has 0 aliphatic heterocycles. The van der Waals surface area contributed by atoms with Crippen molar-refractivity contribution in [2.45, 2.75) is 0 Å². The molecule has 0 aliphatic carbocycles. The quantitative estimate of drug-likeness (QED) is 0.424. The molecule has 0 unspecified atom stereocenters. The third kappa shape index (κ3) is 4.42. The third-order valence-electron chi connectivity index (χ3n) is 3.89. The first kappa shape index (κ1) is 17.5. The molecule has 0 bridgehead atoms. The van der Waals surface area contributed by atoms with Gasteiger partial charge < -0.3 is 5.32 Å². The van der Waals surface area contributed by atoms with Crippen LogP contribution in [-0.2, 0) is 0 Å². The van der Waals surface area contributed by atoms with Gasteiger partial charge in [-0.15, -0.1) is 0 Å². The van der Waals surface area contributed by atoms with E-state index in [1.54, 1.807) is 11.3 Å². The maximum absolute atomic E-state index is 6.09. The zero-order valence-corrected chi connectivity index (χ0v) is 16.0. The highest BCUT2D eigenvalue weighted by atomic mass is 35.5. The fourth-order valence-electron chi connectivity index (χ4n) is 2.63. The van der Waals surface area contributed by atoms with Gasteiger partial charge in [-0.2, -0.15) is 0 Å². The van der Waals surface area contributed by atoms with E-state index in [1.165, 1.54) is 0 Å². The van der Waals surface area contributed by atoms with Gasteiger partial charge in [-0.25, -0.2) is 0 Å². The zero-order valence-electron chi connectivity index (χ0n) is 14.4. The summed E-state index contributed by atoms with van der Waals surface area (Å²) in [6.45, 7) is 0. The smallest absolute Gasteiger partial charge is 0.297 e. The summed E-state index contributed by atoms with van der Waals surface area (Å²) in [5.74, 6) is 0. The minimum absolute atomic E-state index is 0.726. The molecule has 1 N–H and O–H groups in total. The Morgan fingerprint density at radius 2 is 1.59 bits per heavy atom. The monoisotopic (exact) mass is 390 g/mol. The molecule has 5 heteroatoms. The number of nitrogens with one attached hydrogen (secondary N) is 1. The number of para-hydroxylation sites is 2. The van der Waals surface area contributed by atoms with Crippen LogP contribution in [0.4, 0.5) is 10.8 Å². The molecule has 27 heavy (non-hydrogen) atoms. The summed E-state index contributed by atoms with van der Waals surface area (Å²) in [4.78, 5) is 0. The van der Waals surface area contributed by atoms with Gasteiger partial charge in [0.25, 0.3) is 10.1 Å². The lowest BCUT2D eigenvalue weighted by Gasteiger charge is -1.97. The van der Waals surface area contributed by atoms with Crippen molar-refractivity contribution in [3.05, 3.63) is 101 Å². The molecule has 0 spiro atoms. The molecule has 0 fully saturated rings. The average Bonchev–Trinajstić information content (AvgIpc) is 3.10. The first-order valence-electron chi connectivity index (χ1n) is 8.52. The summed E-state index contributed by atoms with van der Waals surface area (Å²) in [6, 6.07) is 27.9. The molecule has 0 saturated carbocycles. The van der Waals surface area contributed by atoms with Crippen molar-refractivity contribution in [2.75, 3.05) is 5.32 Å². The molecule has 3 nitrogen and oxygen atoms in total. The van der Waals surface area contributed by atoms with Crippen molar-refractivity contribution in [2.24, 2.45) is 0 Å². The summed E-state index contributed by atoms with van der Waals surface area (Å²) in [7, 11) is 0. The fraction of sp³-hybridized carbons (Fsp3) is 0. The molecule has 1 heterocycles. The van der Waals surface area contributed by atoms with Gasteiger partial charge in [0, 0.05) is 34.0 Å². The molecular weight excluding hydrogens is 374 g/mol. The van der Waals surface area contributed by atoms with Crippen molar-refractivity contribution in [1.82, 2.24) is 5.10 Å². The Bertz CT molecular complexity index is 1060. The average molecular weight is 391 g/mol. The zero-order chi connectivity index (χ0) is 18.5. The van der Waals surface area contributed by atoms with E-state index in [-0.39, 0.29) is 0 Å². The van der Waals surface area contributed by atoms with Crippen molar-refractivity contribution < 1.29 is 4.68 Å². The van der Waals surface area contributed by atoms with Gasteiger partial charge in [0.15, 0.2) is 0 Å². The van der Waals surface area contributed by atoms with Crippen LogP contribution >= 0.6 is 22.9 Å². The number of anilines is 2. The van der Waals surface area contributed by atoms with Crippen molar-refractivity contribution in [3.63, 3.8) is 0 Å². The maximum Gasteiger partial charge on any atom is 0.297 e. The Morgan fingerprint density at radius 3 is 2.33 bits per heavy atom. The Morgan fingerprint density at radius 1 is 0.852 bits per heavy atom. The summed E-state index contributed by atoms with van der Waals surface area (Å²) >= 11 is 7.68. The minimum atomic E-state index is 0.726. The predicted octanol–water partition coefficient (Wildman–Crippen LogP) is 5.99. The Balaban J connectivity index is 1.70. The number of rotatable bonds is 5. The van der Waals surface area contributed by atoms with E-state index in [1.807, 2.05) is 95.7 Å². The molecule has 132 valence electrons. The van der Waals surface area contributed by atoms with E-state index in [9.17, 15) is 0 Å². The molecular formula is C22H17ClN3S+. The summed E-state index contributed by atoms with van der Waals surface area (Å²) in [6.07, 6.45) is 4.11. The van der Waals surface area contributed by atoms with Crippen LogP contribution in [-0.4, -0.2) is 5.10 Å². The number of hydrogen-bond donors (Lipinski definition) is 1. The lowest BCUT2D eigenvalue weighted by Crippen LogP contribution is -2.35. The van der Waals surface area contributed by atoms with Crippen LogP contribution in [0.25, 0.3) is 17.8 Å². The molecule has 3 aromatic carbocycles. The molecule has 4 rings (SSSR count). The van der Waals surface area contributed by atoms with Crippen LogP contribution in [0.5, 0.6) is 0 Å². The molecule has 4 aromatic rings. The molecule has 0 atom stereocenters. The third-order valence-corrected chi connectivity index (χ3v) is 5.02. The van der Waals surface area contributed by atoms with E-state index in [4.69, 9.17) is 16.7 Å². The van der Waals surface area contributed by atoms with Crippen LogP contribution in [0.15, 0.2) is 84.9 Å². The standard InChI is InChI=1S/C22H17ClN3S/c23-18-9-7-8-17(16-18)14-15-21-26(20-12-5-2-6-13-20)25-22(27-21)24-19-10-3-1-4-11-19/h1-16H,(H,24,25)/q+1/b15-14+. The van der Waals surface area contributed by atoms with E-state index in [0.717, 1.165) is 32.1 Å².